The number of aliphatic carboxylic acids is 10. The van der Waals surface area contributed by atoms with Crippen molar-refractivity contribution in [3.8, 4) is 0 Å². The summed E-state index contributed by atoms with van der Waals surface area (Å²) in [5, 5.41) is 167. The molecule has 0 radical (unpaired) electrons. The molecule has 1 aliphatic rings. The largest absolute Gasteiger partial charge is 0.481 e. The van der Waals surface area contributed by atoms with Crippen LogP contribution in [0.25, 0.3) is 0 Å². The van der Waals surface area contributed by atoms with Gasteiger partial charge in [-0.15, -0.1) is 0 Å². The van der Waals surface area contributed by atoms with Crippen LogP contribution in [0.1, 0.15) is 140 Å². The number of carbonyl (C=O) groups excluding carboxylic acids is 10. The quantitative estimate of drug-likeness (QED) is 0.0153. The van der Waals surface area contributed by atoms with Crippen molar-refractivity contribution in [1.29, 1.82) is 0 Å². The van der Waals surface area contributed by atoms with E-state index in [2.05, 4.69) is 116 Å². The summed E-state index contributed by atoms with van der Waals surface area (Å²) in [6.45, 7) is 1.14. The van der Waals surface area contributed by atoms with E-state index in [0.717, 1.165) is 0 Å². The summed E-state index contributed by atoms with van der Waals surface area (Å²) in [6, 6.07) is -11.4. The molecule has 0 spiro atoms. The number of nitrogens with one attached hydrogen (secondary N) is 10. The average Bonchev–Trinajstić information content (AvgIpc) is 0.917. The molecular formula is C73H137N15O36S11. The van der Waals surface area contributed by atoms with Gasteiger partial charge < -0.3 is 164 Å². The lowest BCUT2D eigenvalue weighted by Gasteiger charge is -2.20. The molecule has 1 heterocycles. The van der Waals surface area contributed by atoms with Gasteiger partial charge in [0.1, 0.15) is 60.4 Å². The number of aliphatic hydroxyl groups is 6. The smallest absolute Gasteiger partial charge is 0.320 e. The molecule has 0 aliphatic carbocycles. The number of carboxylic acids is 10. The van der Waals surface area contributed by atoms with Gasteiger partial charge in [-0.1, -0.05) is 72.2 Å². The number of nitrogens with two attached hydrogens (primary N) is 5. The number of hydrogen-bond acceptors (Lipinski definition) is 42. The SMILES string of the molecule is C.NC(CCC(=O)NC(CCC(=O)O)C(=O)NCCS)C(=O)O.NC(CCC(=O)NC(CCC(=O)O)C(=O)NCCS)C(=O)O.NC(CCC(=O)NC(CCC(=O)O)C(=O)NCCSSCC(O)C(O)CS)C(=O)O.NC(CCC(=O)NC(CCC(=O)O)C(=O)NCCSSCCNC(=O)C(CCC(=O)O)NC(=O)CCC(N)C(=O)O)C(=O)O.OC(CS)C(O)CS.OC1CSSCC1O.[2H][3H].[3HH]. The van der Waals surface area contributed by atoms with Crippen molar-refractivity contribution in [3.05, 3.63) is 0 Å². The van der Waals surface area contributed by atoms with Crippen molar-refractivity contribution in [2.24, 2.45) is 28.7 Å². The zero-order chi connectivity index (χ0) is 106. The normalized spacial score (nSPS) is 15.4. The maximum absolute atomic E-state index is 12.5. The summed E-state index contributed by atoms with van der Waals surface area (Å²) in [7, 11) is 8.59. The molecule has 1 fully saturated rings. The van der Waals surface area contributed by atoms with Crippen LogP contribution in [0.2, 0.25) is 0 Å². The second kappa shape index (κ2) is 86.0. The Balaban J connectivity index is -0.000000262. The Bertz CT molecular complexity index is 3410. The summed E-state index contributed by atoms with van der Waals surface area (Å²) in [6.07, 6.45) is -8.24. The van der Waals surface area contributed by atoms with Gasteiger partial charge in [0.2, 0.25) is 59.1 Å². The first kappa shape index (κ1) is 136. The van der Waals surface area contributed by atoms with Gasteiger partial charge in [-0.25, -0.2) is 0 Å². The Morgan fingerprint density at radius 1 is 0.311 bits per heavy atom. The molecule has 0 saturated carbocycles. The van der Waals surface area contributed by atoms with E-state index >= 15 is 0 Å². The molecule has 16 atom stereocenters. The molecule has 135 heavy (non-hydrogen) atoms. The highest BCUT2D eigenvalue weighted by molar-refractivity contribution is 8.77. The molecule has 62 heteroatoms. The summed E-state index contributed by atoms with van der Waals surface area (Å²) in [5.41, 5.74) is 26.6. The Morgan fingerprint density at radius 2 is 0.496 bits per heavy atom. The van der Waals surface area contributed by atoms with Gasteiger partial charge in [0.15, 0.2) is 0 Å². The van der Waals surface area contributed by atoms with E-state index in [-0.39, 0.29) is 193 Å². The number of hydrogen-bond donors (Lipinski definition) is 36. The maximum atomic E-state index is 12.5. The predicted molar refractivity (Wildman–Crippen MR) is 524 cm³/mol. The molecule has 51 nitrogen and oxygen atoms in total. The molecular weight excluding hydrogens is 2020 g/mol. The predicted octanol–water partition coefficient (Wildman–Crippen LogP) is -5.69. The Labute approximate surface area is 833 Å². The van der Waals surface area contributed by atoms with Crippen molar-refractivity contribution in [3.63, 3.8) is 0 Å². The lowest BCUT2D eigenvalue weighted by Crippen LogP contribution is -2.47. The third-order valence-corrected chi connectivity index (χ3v) is 25.5. The van der Waals surface area contributed by atoms with Gasteiger partial charge in [0.25, 0.3) is 0 Å². The van der Waals surface area contributed by atoms with Gasteiger partial charge in [0, 0.05) is 165 Å². The number of aliphatic hydroxyl groups excluding tert-OH is 6. The average molecular weight is 2160 g/mol. The first-order valence-electron chi connectivity index (χ1n) is 41.5. The lowest BCUT2D eigenvalue weighted by atomic mass is 10.1. The minimum Gasteiger partial charge on any atom is -0.481 e. The minimum absolute atomic E-state index is 0. The molecule has 36 N–H and O–H groups in total. The van der Waals surface area contributed by atoms with Crippen molar-refractivity contribution in [2.45, 2.75) is 233 Å². The van der Waals surface area contributed by atoms with E-state index in [1.165, 1.54) is 43.2 Å². The highest BCUT2D eigenvalue weighted by Crippen LogP contribution is 2.29. The lowest BCUT2D eigenvalue weighted by molar-refractivity contribution is -0.140. The number of carboxylic acid groups (broad SMARTS) is 10. The fraction of sp³-hybridized carbons (Fsp3) is 0.726. The topological polar surface area (TPSA) is 915 Å². The molecule has 1 saturated heterocycles. The second-order valence-electron chi connectivity index (χ2n) is 27.9. The van der Waals surface area contributed by atoms with Crippen LogP contribution in [0, 0.1) is 0 Å². The minimum atomic E-state index is -1.28. The van der Waals surface area contributed by atoms with Gasteiger partial charge in [-0.3, -0.25) is 95.9 Å². The van der Waals surface area contributed by atoms with Gasteiger partial charge in [-0.05, 0) is 64.2 Å². The fourth-order valence-electron chi connectivity index (χ4n) is 8.92. The summed E-state index contributed by atoms with van der Waals surface area (Å²) < 4.78 is 10.0. The van der Waals surface area contributed by atoms with Crippen molar-refractivity contribution < 1.29 is 182 Å². The third-order valence-electron chi connectivity index (χ3n) is 16.6. The van der Waals surface area contributed by atoms with Gasteiger partial charge in [0.05, 0.1) is 36.6 Å². The van der Waals surface area contributed by atoms with Crippen LogP contribution in [0.4, 0.5) is 0 Å². The highest BCUT2D eigenvalue weighted by atomic mass is 33.1. The van der Waals surface area contributed by atoms with Crippen LogP contribution in [0.15, 0.2) is 0 Å². The van der Waals surface area contributed by atoms with Crippen molar-refractivity contribution in [2.75, 3.05) is 96.0 Å². The Hall–Kier alpha value is -7.19. The monoisotopic (exact) mass is 2160 g/mol. The first-order chi connectivity index (χ1) is 63.8. The summed E-state index contributed by atoms with van der Waals surface area (Å²) >= 11 is 19.3. The molecule has 10 amide bonds. The number of carbonyl (C=O) groups is 20. The van der Waals surface area contributed by atoms with Gasteiger partial charge in [-0.2, -0.15) is 63.1 Å². The van der Waals surface area contributed by atoms with E-state index in [9.17, 15) is 106 Å². The first-order valence-corrected chi connectivity index (χ1v) is 51.1. The zero-order valence-electron chi connectivity index (χ0n) is 74.6. The fourth-order valence-corrected chi connectivity index (χ4v) is 16.1. The maximum Gasteiger partial charge on any atom is 0.320 e. The third kappa shape index (κ3) is 81.4. The Morgan fingerprint density at radius 3 is 0.667 bits per heavy atom. The van der Waals surface area contributed by atoms with E-state index in [1.807, 2.05) is 0 Å². The standard InChI is InChI=1S/C24H40N6O12S2.C16H29N3O8S3.2C12H21N3O6S.C4H8O2S2.C4H10O2S2.CH4.2H2/c25-13(23(39)40)1-5-17(31)29-15(3-7-19(33)34)21(37)27-9-11-43-44-12-10-28-22(38)16(4-8-20(35)36)30-18(32)6-2-14(26)24(41)42;17-9(16(26)27)1-3-13(22)19-10(2-4-14(23)24)15(25)18-5-6-29-30-8-12(21)11(20)7-28;2*13-7(12(20)21)1-3-9(16)15-8(2-4-10(17)18)11(19)14-5-6-22;5-3-1-7-8-2-4(3)6;5-3(1-7)4(6)2-8;;;/h13-16H,1-12,25-26H2,(H,27,37)(H,28,38)(H,29,31)(H,30,32)(H,33,34)(H,35,36)(H,39,40)(H,41,42);9-12,20-21,28H,1-8,17H2,(H,18,25)(H,19,22)(H,23,24)(H,26,27);2*7-8,22H,1-6,13H2,(H,14,19)(H,15,16)(H,17,18)(H,20,21);3-6H,1-2H2;3-8H,1-2H2;1H4;2*1H/i;;;;;;;1+2D;1+2. The van der Waals surface area contributed by atoms with Gasteiger partial charge >= 0.3 is 59.7 Å². The molecule has 0 aromatic rings. The van der Waals surface area contributed by atoms with E-state index < -0.39 is 216 Å². The molecule has 0 aromatic carbocycles. The molecule has 0 bridgehead atoms. The van der Waals surface area contributed by atoms with E-state index in [1.54, 1.807) is 21.6 Å². The van der Waals surface area contributed by atoms with Crippen LogP contribution in [0.3, 0.4) is 0 Å². The van der Waals surface area contributed by atoms with Crippen LogP contribution in [-0.2, 0) is 95.9 Å². The summed E-state index contributed by atoms with van der Waals surface area (Å²) in [5.74, 6) is -13.3. The van der Waals surface area contributed by atoms with Crippen molar-refractivity contribution >= 4 is 247 Å². The van der Waals surface area contributed by atoms with Crippen LogP contribution in [-0.4, -0.2) is 394 Å². The van der Waals surface area contributed by atoms with Crippen LogP contribution < -0.4 is 81.8 Å². The zero-order valence-corrected chi connectivity index (χ0v) is 82.0. The van der Waals surface area contributed by atoms with Crippen LogP contribution >= 0.6 is 128 Å². The molecule has 16 unspecified atom stereocenters. The van der Waals surface area contributed by atoms with Crippen LogP contribution in [0.5, 0.6) is 0 Å². The second-order valence-corrected chi connectivity index (χ2v) is 37.7. The number of rotatable bonds is 67. The number of amides is 10. The van der Waals surface area contributed by atoms with E-state index in [4.69, 9.17) is 103 Å². The number of thiol groups is 5. The summed E-state index contributed by atoms with van der Waals surface area (Å²) in [4.78, 5) is 228. The molecule has 1 aliphatic heterocycles. The van der Waals surface area contributed by atoms with E-state index in [0.29, 0.717) is 40.3 Å². The highest BCUT2D eigenvalue weighted by Gasteiger charge is 2.30. The van der Waals surface area contributed by atoms with Crippen molar-refractivity contribution in [1.82, 2.24) is 53.2 Å². The Kier molecular flexibility index (Phi) is 86.8. The molecule has 1 rings (SSSR count). The molecule has 0 aromatic heterocycles. The molecule has 786 valence electrons.